The molecule has 0 fully saturated rings. The van der Waals surface area contributed by atoms with Gasteiger partial charge in [0.1, 0.15) is 6.10 Å². The lowest BCUT2D eigenvalue weighted by Gasteiger charge is -2.43. The number of hydrogen-bond acceptors (Lipinski definition) is 10. The second kappa shape index (κ2) is 7.92. The van der Waals surface area contributed by atoms with Crippen molar-refractivity contribution in [3.05, 3.63) is 0 Å². The van der Waals surface area contributed by atoms with Gasteiger partial charge < -0.3 is 24.8 Å². The fourth-order valence-electron chi connectivity index (χ4n) is 2.10. The van der Waals surface area contributed by atoms with E-state index >= 15 is 0 Å². The molecular weight excluding hydrogens is 396 g/mol. The molecule has 4 atom stereocenters. The first-order chi connectivity index (χ1) is 10.8. The molecule has 0 aliphatic carbocycles. The van der Waals surface area contributed by atoms with Gasteiger partial charge in [-0.1, -0.05) is 0 Å². The summed E-state index contributed by atoms with van der Waals surface area (Å²) in [5, 5.41) is 30.5. The molecule has 0 amide bonds. The lowest BCUT2D eigenvalue weighted by molar-refractivity contribution is -0.223. The largest absolute Gasteiger partial charge is 0.467 e. The van der Waals surface area contributed by atoms with Gasteiger partial charge in [-0.2, -0.15) is 0 Å². The van der Waals surface area contributed by atoms with Crippen LogP contribution in [-0.4, -0.2) is 74.0 Å². The molecule has 0 aliphatic heterocycles. The molecule has 0 aliphatic rings. The molecule has 0 saturated heterocycles. The quantitative estimate of drug-likeness (QED) is 0.231. The number of methoxy groups -OCH3 is 1. The summed E-state index contributed by atoms with van der Waals surface area (Å²) in [5.74, 6) is -5.49. The lowest BCUT2D eigenvalue weighted by atomic mass is 9.72. The number of carbonyl (C=O) groups is 5. The second-order valence-electron chi connectivity index (χ2n) is 4.84. The maximum absolute atomic E-state index is 12.0. The smallest absolute Gasteiger partial charge is 0.337 e. The molecule has 0 radical (unpaired) electrons. The molecule has 0 spiro atoms. The van der Waals surface area contributed by atoms with Crippen LogP contribution in [0.25, 0.3) is 0 Å². The van der Waals surface area contributed by atoms with Crippen LogP contribution >= 0.6 is 15.9 Å². The summed E-state index contributed by atoms with van der Waals surface area (Å²) >= 11 is 2.34. The summed E-state index contributed by atoms with van der Waals surface area (Å²) in [6.07, 6.45) is -5.25. The van der Waals surface area contributed by atoms with Crippen molar-refractivity contribution in [3.63, 3.8) is 0 Å². The van der Waals surface area contributed by atoms with Crippen LogP contribution in [-0.2, 0) is 33.4 Å². The van der Waals surface area contributed by atoms with Gasteiger partial charge >= 0.3 is 11.9 Å². The lowest BCUT2D eigenvalue weighted by Crippen LogP contribution is -2.74. The zero-order valence-corrected chi connectivity index (χ0v) is 14.8. The third-order valence-corrected chi connectivity index (χ3v) is 3.87. The van der Waals surface area contributed by atoms with Crippen molar-refractivity contribution >= 4 is 44.1 Å². The van der Waals surface area contributed by atoms with Crippen LogP contribution in [0, 0.1) is 0 Å². The minimum absolute atomic E-state index is 0.657. The van der Waals surface area contributed by atoms with Gasteiger partial charge in [0.15, 0.2) is 17.7 Å². The Kier molecular flexibility index (Phi) is 7.36. The number of carbonyl (C=O) groups excluding carboxylic acids is 5. The standard InChI is InChI=1S/C13H17BrO10/c1-5(15)12(22,9(19)8(18)10(20)23-4)13(6(2)16,11(14)21)24-7(3)17/h8-9,18-19,22H,1-4H3/t8?,9?,12?,13-/m0/s1. The fourth-order valence-corrected chi connectivity index (χ4v) is 2.77. The molecule has 24 heavy (non-hydrogen) atoms. The highest BCUT2D eigenvalue weighted by Gasteiger charge is 2.69. The van der Waals surface area contributed by atoms with Crippen molar-refractivity contribution in [3.8, 4) is 0 Å². The van der Waals surface area contributed by atoms with E-state index in [1.165, 1.54) is 0 Å². The minimum atomic E-state index is -3.47. The average Bonchev–Trinajstić information content (AvgIpc) is 2.48. The molecule has 136 valence electrons. The van der Waals surface area contributed by atoms with E-state index in [0.29, 0.717) is 13.8 Å². The second-order valence-corrected chi connectivity index (χ2v) is 5.56. The molecule has 0 heterocycles. The molecular formula is C13H17BrO10. The number of Topliss-reactive ketones (excluding diaryl/α,β-unsaturated/α-hetero) is 2. The number of ketones is 2. The van der Waals surface area contributed by atoms with Gasteiger partial charge in [0.05, 0.1) is 7.11 Å². The third-order valence-electron chi connectivity index (χ3n) is 3.31. The van der Waals surface area contributed by atoms with Gasteiger partial charge in [0.25, 0.3) is 10.3 Å². The molecule has 0 aromatic heterocycles. The third kappa shape index (κ3) is 3.53. The Morgan fingerprint density at radius 1 is 1.00 bits per heavy atom. The maximum Gasteiger partial charge on any atom is 0.337 e. The van der Waals surface area contributed by atoms with Crippen LogP contribution in [0.3, 0.4) is 0 Å². The van der Waals surface area contributed by atoms with Gasteiger partial charge in [-0.25, -0.2) is 4.79 Å². The van der Waals surface area contributed by atoms with Crippen LogP contribution in [0.2, 0.25) is 0 Å². The van der Waals surface area contributed by atoms with Crippen molar-refractivity contribution in [2.75, 3.05) is 7.11 Å². The summed E-state index contributed by atoms with van der Waals surface area (Å²) < 4.78 is 7.28. The molecule has 0 bridgehead atoms. The predicted molar refractivity (Wildman–Crippen MR) is 78.8 cm³/mol. The molecule has 0 rings (SSSR count). The van der Waals surface area contributed by atoms with E-state index < -0.39 is 51.6 Å². The molecule has 3 unspecified atom stereocenters. The Morgan fingerprint density at radius 3 is 1.71 bits per heavy atom. The van der Waals surface area contributed by atoms with Gasteiger partial charge in [-0.15, -0.1) is 0 Å². The number of halogens is 1. The Balaban J connectivity index is 6.64. The van der Waals surface area contributed by atoms with Gasteiger partial charge in [-0.05, 0) is 29.8 Å². The first-order valence-corrected chi connectivity index (χ1v) is 7.17. The van der Waals surface area contributed by atoms with Crippen molar-refractivity contribution in [1.29, 1.82) is 0 Å². The van der Waals surface area contributed by atoms with E-state index in [4.69, 9.17) is 0 Å². The van der Waals surface area contributed by atoms with E-state index in [9.17, 15) is 39.3 Å². The number of aliphatic hydroxyl groups is 3. The summed E-state index contributed by atoms with van der Waals surface area (Å²) in [4.78, 5) is 58.6. The summed E-state index contributed by atoms with van der Waals surface area (Å²) in [5.41, 5.74) is -6.71. The van der Waals surface area contributed by atoms with Gasteiger partial charge in [0.2, 0.25) is 5.60 Å². The van der Waals surface area contributed by atoms with Crippen LogP contribution in [0.5, 0.6) is 0 Å². The van der Waals surface area contributed by atoms with E-state index in [0.717, 1.165) is 14.0 Å². The zero-order valence-electron chi connectivity index (χ0n) is 13.2. The molecule has 3 N–H and O–H groups in total. The van der Waals surface area contributed by atoms with Crippen LogP contribution in [0.15, 0.2) is 0 Å². The Bertz CT molecular complexity index is 557. The Morgan fingerprint density at radius 2 is 1.46 bits per heavy atom. The molecule has 10 nitrogen and oxygen atoms in total. The van der Waals surface area contributed by atoms with Crippen LogP contribution in [0.4, 0.5) is 0 Å². The maximum atomic E-state index is 12.0. The van der Waals surface area contributed by atoms with Crippen molar-refractivity contribution in [2.45, 2.75) is 44.2 Å². The van der Waals surface area contributed by atoms with E-state index in [2.05, 4.69) is 25.4 Å². The fraction of sp³-hybridized carbons (Fsp3) is 0.615. The molecule has 11 heteroatoms. The SMILES string of the molecule is COC(=O)C(O)C(O)C(O)(C(C)=O)[C@](OC(C)=O)(C(C)=O)C(=O)Br. The highest BCUT2D eigenvalue weighted by Crippen LogP contribution is 2.36. The average molecular weight is 413 g/mol. The predicted octanol–water partition coefficient (Wildman–Crippen LogP) is -1.99. The first kappa shape index (κ1) is 22.3. The highest BCUT2D eigenvalue weighted by molar-refractivity contribution is 9.18. The topological polar surface area (TPSA) is 164 Å². The number of rotatable bonds is 8. The Hall–Kier alpha value is -1.69. The molecule has 0 aromatic carbocycles. The van der Waals surface area contributed by atoms with Crippen molar-refractivity contribution in [1.82, 2.24) is 0 Å². The summed E-state index contributed by atoms with van der Waals surface area (Å²) in [6, 6.07) is 0. The Labute approximate surface area is 144 Å². The first-order valence-electron chi connectivity index (χ1n) is 6.38. The number of hydrogen-bond donors (Lipinski definition) is 3. The summed E-state index contributed by atoms with van der Waals surface area (Å²) in [6.45, 7) is 2.13. The van der Waals surface area contributed by atoms with E-state index in [1.54, 1.807) is 0 Å². The monoisotopic (exact) mass is 412 g/mol. The molecule has 0 aromatic rings. The van der Waals surface area contributed by atoms with E-state index in [1.807, 2.05) is 0 Å². The number of aliphatic hydroxyl groups excluding tert-OH is 2. The van der Waals surface area contributed by atoms with Crippen LogP contribution < -0.4 is 0 Å². The molecule has 0 saturated carbocycles. The number of esters is 2. The minimum Gasteiger partial charge on any atom is -0.467 e. The highest BCUT2D eigenvalue weighted by atomic mass is 79.9. The normalized spacial score (nSPS) is 18.3. The summed E-state index contributed by atoms with van der Waals surface area (Å²) in [7, 11) is 0.838. The van der Waals surface area contributed by atoms with Crippen molar-refractivity contribution in [2.24, 2.45) is 0 Å². The van der Waals surface area contributed by atoms with Crippen molar-refractivity contribution < 1.29 is 48.8 Å². The van der Waals surface area contributed by atoms with Gasteiger partial charge in [-0.3, -0.25) is 19.2 Å². The number of ether oxygens (including phenoxy) is 2. The zero-order chi connectivity index (χ0) is 19.5. The van der Waals surface area contributed by atoms with Gasteiger partial charge in [0, 0.05) is 6.92 Å². The van der Waals surface area contributed by atoms with E-state index in [-0.39, 0.29) is 0 Å². The van der Waals surface area contributed by atoms with Crippen LogP contribution in [0.1, 0.15) is 20.8 Å².